The van der Waals surface area contributed by atoms with E-state index in [1.54, 1.807) is 0 Å². The zero-order valence-electron chi connectivity index (χ0n) is 13.0. The van der Waals surface area contributed by atoms with Crippen molar-refractivity contribution in [3.8, 4) is 5.75 Å². The number of carbonyl (C=O) groups is 1. The third kappa shape index (κ3) is 2.53. The van der Waals surface area contributed by atoms with Crippen LogP contribution in [-0.4, -0.2) is 54.5 Å². The number of likely N-dealkylation sites (N-methyl/N-ethyl adjacent to an activating group) is 1. The Balaban J connectivity index is 1.79. The number of benzene rings is 1. The largest absolute Gasteiger partial charge is 0.493 e. The molecule has 1 spiro atoms. The number of likely N-dealkylation sites (tertiary alicyclic amines) is 2. The van der Waals surface area contributed by atoms with Crippen molar-refractivity contribution in [3.05, 3.63) is 29.8 Å². The van der Waals surface area contributed by atoms with Gasteiger partial charge in [-0.15, -0.1) is 0 Å². The van der Waals surface area contributed by atoms with E-state index in [1.165, 1.54) is 12.8 Å². The molecule has 0 N–H and O–H groups in total. The van der Waals surface area contributed by atoms with Gasteiger partial charge < -0.3 is 9.64 Å². The molecule has 0 aliphatic carbocycles. The number of piperidine rings is 1. The number of hydrogen-bond donors (Lipinski definition) is 0. The van der Waals surface area contributed by atoms with E-state index in [0.29, 0.717) is 17.9 Å². The molecular weight excluding hydrogens is 264 g/mol. The molecular formula is C17H24N2O2. The molecule has 1 amide bonds. The fourth-order valence-corrected chi connectivity index (χ4v) is 3.55. The van der Waals surface area contributed by atoms with Crippen LogP contribution >= 0.6 is 0 Å². The number of nitrogens with zero attached hydrogens (tertiary/aromatic N) is 2. The zero-order valence-corrected chi connectivity index (χ0v) is 13.0. The van der Waals surface area contributed by atoms with E-state index in [2.05, 4.69) is 11.9 Å². The molecule has 4 heteroatoms. The molecule has 2 fully saturated rings. The van der Waals surface area contributed by atoms with E-state index in [-0.39, 0.29) is 11.4 Å². The smallest absolute Gasteiger partial charge is 0.257 e. The molecule has 0 aromatic heterocycles. The topological polar surface area (TPSA) is 32.8 Å². The Morgan fingerprint density at radius 3 is 2.76 bits per heavy atom. The minimum atomic E-state index is 0.110. The average Bonchev–Trinajstić information content (AvgIpc) is 2.54. The molecule has 2 aliphatic rings. The van der Waals surface area contributed by atoms with Crippen molar-refractivity contribution < 1.29 is 9.53 Å². The molecule has 2 aliphatic heterocycles. The lowest BCUT2D eigenvalue weighted by atomic mass is 9.78. The molecule has 0 saturated carbocycles. The van der Waals surface area contributed by atoms with E-state index < -0.39 is 0 Å². The number of ether oxygens (including phenoxy) is 1. The summed E-state index contributed by atoms with van der Waals surface area (Å²) in [4.78, 5) is 17.3. The molecule has 3 rings (SSSR count). The molecule has 1 atom stereocenters. The molecule has 114 valence electrons. The normalized spacial score (nSPS) is 25.7. The van der Waals surface area contributed by atoms with Gasteiger partial charge in [-0.25, -0.2) is 0 Å². The Bertz CT molecular complexity index is 531. The number of carbonyl (C=O) groups excluding carboxylic acids is 1. The summed E-state index contributed by atoms with van der Waals surface area (Å²) in [6.45, 7) is 5.38. The van der Waals surface area contributed by atoms with Crippen molar-refractivity contribution in [2.75, 3.05) is 33.3 Å². The van der Waals surface area contributed by atoms with E-state index in [0.717, 1.165) is 26.1 Å². The van der Waals surface area contributed by atoms with Crippen molar-refractivity contribution in [2.45, 2.75) is 31.7 Å². The summed E-state index contributed by atoms with van der Waals surface area (Å²) in [5, 5.41) is 0. The Hall–Kier alpha value is -1.55. The van der Waals surface area contributed by atoms with Gasteiger partial charge in [0.2, 0.25) is 0 Å². The predicted molar refractivity (Wildman–Crippen MR) is 82.7 cm³/mol. The lowest BCUT2D eigenvalue weighted by Gasteiger charge is -2.55. The second-order valence-corrected chi connectivity index (χ2v) is 6.16. The van der Waals surface area contributed by atoms with Crippen molar-refractivity contribution in [3.63, 3.8) is 0 Å². The maximum absolute atomic E-state index is 12.9. The quantitative estimate of drug-likeness (QED) is 0.856. The first kappa shape index (κ1) is 14.4. The molecule has 2 heterocycles. The van der Waals surface area contributed by atoms with Crippen molar-refractivity contribution >= 4 is 5.91 Å². The van der Waals surface area contributed by atoms with Gasteiger partial charge in [0, 0.05) is 25.2 Å². The summed E-state index contributed by atoms with van der Waals surface area (Å²) in [6.07, 6.45) is 3.51. The van der Waals surface area contributed by atoms with Gasteiger partial charge in [-0.3, -0.25) is 9.69 Å². The van der Waals surface area contributed by atoms with Gasteiger partial charge in [0.1, 0.15) is 5.75 Å². The summed E-state index contributed by atoms with van der Waals surface area (Å²) >= 11 is 0. The van der Waals surface area contributed by atoms with Crippen LogP contribution in [0.25, 0.3) is 0 Å². The fraction of sp³-hybridized carbons (Fsp3) is 0.588. The molecule has 4 nitrogen and oxygen atoms in total. The molecule has 1 aromatic rings. The molecule has 2 saturated heterocycles. The van der Waals surface area contributed by atoms with Crippen molar-refractivity contribution in [2.24, 2.45) is 0 Å². The monoisotopic (exact) mass is 288 g/mol. The maximum atomic E-state index is 12.9. The Morgan fingerprint density at radius 1 is 1.29 bits per heavy atom. The standard InChI is InChI=1S/C17H24N2O2/c1-3-21-15-8-5-4-7-14(15)16(20)19-11-6-9-17(13-19)10-12-18(17)2/h4-5,7-8H,3,6,9-13H2,1-2H3. The maximum Gasteiger partial charge on any atom is 0.257 e. The zero-order chi connectivity index (χ0) is 14.9. The number of rotatable bonds is 3. The first-order valence-electron chi connectivity index (χ1n) is 7.89. The Labute approximate surface area is 126 Å². The van der Waals surface area contributed by atoms with Gasteiger partial charge in [-0.2, -0.15) is 0 Å². The highest BCUT2D eigenvalue weighted by atomic mass is 16.5. The average molecular weight is 288 g/mol. The lowest BCUT2D eigenvalue weighted by Crippen LogP contribution is -2.66. The van der Waals surface area contributed by atoms with E-state index in [9.17, 15) is 4.79 Å². The summed E-state index contributed by atoms with van der Waals surface area (Å²) < 4.78 is 5.60. The van der Waals surface area contributed by atoms with Gasteiger partial charge in [0.25, 0.3) is 5.91 Å². The highest BCUT2D eigenvalue weighted by molar-refractivity contribution is 5.97. The second kappa shape index (κ2) is 5.68. The van der Waals surface area contributed by atoms with Gasteiger partial charge in [-0.05, 0) is 45.4 Å². The number of hydrogen-bond acceptors (Lipinski definition) is 3. The number of amides is 1. The summed E-state index contributed by atoms with van der Waals surface area (Å²) in [5.74, 6) is 0.810. The predicted octanol–water partition coefficient (Wildman–Crippen LogP) is 2.40. The first-order chi connectivity index (χ1) is 10.2. The molecule has 21 heavy (non-hydrogen) atoms. The van der Waals surface area contributed by atoms with Gasteiger partial charge in [0.15, 0.2) is 0 Å². The van der Waals surface area contributed by atoms with Gasteiger partial charge >= 0.3 is 0 Å². The van der Waals surface area contributed by atoms with Gasteiger partial charge in [-0.1, -0.05) is 12.1 Å². The second-order valence-electron chi connectivity index (χ2n) is 6.16. The number of para-hydroxylation sites is 1. The van der Waals surface area contributed by atoms with Crippen LogP contribution in [0.1, 0.15) is 36.5 Å². The minimum absolute atomic E-state index is 0.110. The van der Waals surface area contributed by atoms with Crippen LogP contribution in [0.4, 0.5) is 0 Å². The Kier molecular flexibility index (Phi) is 3.89. The molecule has 0 radical (unpaired) electrons. The van der Waals surface area contributed by atoms with E-state index in [1.807, 2.05) is 36.1 Å². The van der Waals surface area contributed by atoms with Crippen molar-refractivity contribution in [1.82, 2.24) is 9.80 Å². The molecule has 1 aromatic carbocycles. The van der Waals surface area contributed by atoms with E-state index >= 15 is 0 Å². The molecule has 0 bridgehead atoms. The van der Waals surface area contributed by atoms with Crippen LogP contribution in [0.15, 0.2) is 24.3 Å². The van der Waals surface area contributed by atoms with Crippen LogP contribution in [0.5, 0.6) is 5.75 Å². The van der Waals surface area contributed by atoms with Crippen LogP contribution in [0.2, 0.25) is 0 Å². The first-order valence-corrected chi connectivity index (χ1v) is 7.89. The van der Waals surface area contributed by atoms with Crippen LogP contribution in [0, 0.1) is 0 Å². The Morgan fingerprint density at radius 2 is 2.10 bits per heavy atom. The fourth-order valence-electron chi connectivity index (χ4n) is 3.55. The van der Waals surface area contributed by atoms with Gasteiger partial charge in [0.05, 0.1) is 12.2 Å². The summed E-state index contributed by atoms with van der Waals surface area (Å²) in [5.41, 5.74) is 0.924. The third-order valence-electron chi connectivity index (χ3n) is 4.98. The lowest BCUT2D eigenvalue weighted by molar-refractivity contribution is -0.0409. The third-order valence-corrected chi connectivity index (χ3v) is 4.98. The SMILES string of the molecule is CCOc1ccccc1C(=O)N1CCCC2(CCN2C)C1. The molecule has 1 unspecified atom stereocenters. The highest BCUT2D eigenvalue weighted by Gasteiger charge is 2.46. The van der Waals surface area contributed by atoms with Crippen LogP contribution in [0.3, 0.4) is 0 Å². The van der Waals surface area contributed by atoms with Crippen LogP contribution in [-0.2, 0) is 0 Å². The van der Waals surface area contributed by atoms with Crippen molar-refractivity contribution in [1.29, 1.82) is 0 Å². The summed E-state index contributed by atoms with van der Waals surface area (Å²) in [7, 11) is 2.17. The highest BCUT2D eigenvalue weighted by Crippen LogP contribution is 2.37. The van der Waals surface area contributed by atoms with E-state index in [4.69, 9.17) is 4.74 Å². The minimum Gasteiger partial charge on any atom is -0.493 e. The van der Waals surface area contributed by atoms with Crippen LogP contribution < -0.4 is 4.74 Å². The summed E-state index contributed by atoms with van der Waals surface area (Å²) in [6, 6.07) is 7.58.